The highest BCUT2D eigenvalue weighted by Gasteiger charge is 2.17. The van der Waals surface area contributed by atoms with Crippen LogP contribution in [0.2, 0.25) is 0 Å². The summed E-state index contributed by atoms with van der Waals surface area (Å²) in [4.78, 5) is 11.4. The molecule has 1 aliphatic heterocycles. The fourth-order valence-corrected chi connectivity index (χ4v) is 2.43. The fourth-order valence-electron chi connectivity index (χ4n) is 2.43. The van der Waals surface area contributed by atoms with Crippen LogP contribution in [0, 0.1) is 11.8 Å². The monoisotopic (exact) mass is 340 g/mol. The van der Waals surface area contributed by atoms with E-state index in [1.165, 1.54) is 14.2 Å². The van der Waals surface area contributed by atoms with Gasteiger partial charge < -0.3 is 23.7 Å². The van der Waals surface area contributed by atoms with Crippen molar-refractivity contribution in [3.8, 4) is 40.6 Å². The number of hydrogen-bond donors (Lipinski definition) is 0. The number of carbonyl (C=O) groups is 1. The van der Waals surface area contributed by atoms with Crippen molar-refractivity contribution in [1.29, 1.82) is 0 Å². The summed E-state index contributed by atoms with van der Waals surface area (Å²) in [6.45, 7) is 0.167. The van der Waals surface area contributed by atoms with E-state index in [2.05, 4.69) is 11.8 Å². The van der Waals surface area contributed by atoms with Gasteiger partial charge in [-0.3, -0.25) is 4.79 Å². The Balaban J connectivity index is 2.06. The number of ether oxygens (including phenoxy) is 5. The Hall–Kier alpha value is -3.33. The van der Waals surface area contributed by atoms with Crippen molar-refractivity contribution >= 4 is 6.29 Å². The summed E-state index contributed by atoms with van der Waals surface area (Å²) in [7, 11) is 4.59. The molecule has 6 nitrogen and oxygen atoms in total. The predicted molar refractivity (Wildman–Crippen MR) is 90.0 cm³/mol. The van der Waals surface area contributed by atoms with E-state index in [0.717, 1.165) is 6.29 Å². The maximum atomic E-state index is 11.4. The van der Waals surface area contributed by atoms with Crippen molar-refractivity contribution in [2.75, 3.05) is 28.1 Å². The van der Waals surface area contributed by atoms with E-state index in [0.29, 0.717) is 45.4 Å². The number of benzene rings is 2. The third kappa shape index (κ3) is 3.17. The van der Waals surface area contributed by atoms with Gasteiger partial charge in [-0.15, -0.1) is 0 Å². The van der Waals surface area contributed by atoms with Crippen LogP contribution in [0.15, 0.2) is 24.3 Å². The van der Waals surface area contributed by atoms with Gasteiger partial charge in [-0.05, 0) is 6.07 Å². The van der Waals surface area contributed by atoms with Crippen LogP contribution in [0.25, 0.3) is 0 Å². The van der Waals surface area contributed by atoms with Crippen LogP contribution in [0.4, 0.5) is 0 Å². The Labute approximate surface area is 145 Å². The fraction of sp³-hybridized carbons (Fsp3) is 0.211. The Morgan fingerprint density at radius 3 is 2.08 bits per heavy atom. The minimum Gasteiger partial charge on any atom is -0.495 e. The minimum atomic E-state index is 0.167. The number of methoxy groups -OCH3 is 3. The molecule has 0 aliphatic carbocycles. The van der Waals surface area contributed by atoms with Crippen molar-refractivity contribution in [2.45, 2.75) is 0 Å². The van der Waals surface area contributed by atoms with Gasteiger partial charge in [0.1, 0.15) is 5.75 Å². The molecule has 6 heteroatoms. The van der Waals surface area contributed by atoms with E-state index < -0.39 is 0 Å². The molecule has 0 saturated carbocycles. The van der Waals surface area contributed by atoms with E-state index in [-0.39, 0.29) is 6.79 Å². The zero-order valence-corrected chi connectivity index (χ0v) is 14.0. The first-order chi connectivity index (χ1) is 12.2. The van der Waals surface area contributed by atoms with Crippen LogP contribution in [-0.4, -0.2) is 34.4 Å². The Morgan fingerprint density at radius 1 is 0.840 bits per heavy atom. The second-order valence-corrected chi connectivity index (χ2v) is 5.07. The number of fused-ring (bicyclic) bond motifs is 1. The largest absolute Gasteiger partial charge is 0.495 e. The zero-order valence-electron chi connectivity index (χ0n) is 14.0. The van der Waals surface area contributed by atoms with Crippen LogP contribution in [0.1, 0.15) is 21.5 Å². The maximum Gasteiger partial charge on any atom is 0.231 e. The number of hydrogen-bond acceptors (Lipinski definition) is 6. The normalized spacial score (nSPS) is 11.3. The molecule has 0 unspecified atom stereocenters. The van der Waals surface area contributed by atoms with Crippen LogP contribution in [0.5, 0.6) is 28.7 Å². The van der Waals surface area contributed by atoms with Gasteiger partial charge in [-0.2, -0.15) is 0 Å². The molecule has 25 heavy (non-hydrogen) atoms. The van der Waals surface area contributed by atoms with Crippen molar-refractivity contribution in [3.63, 3.8) is 0 Å². The topological polar surface area (TPSA) is 63.2 Å². The smallest absolute Gasteiger partial charge is 0.231 e. The molecule has 0 aromatic heterocycles. The Bertz CT molecular complexity index is 876. The molecule has 0 fully saturated rings. The lowest BCUT2D eigenvalue weighted by Crippen LogP contribution is -1.95. The molecule has 0 radical (unpaired) electrons. The predicted octanol–water partition coefficient (Wildman–Crippen LogP) is 2.65. The summed E-state index contributed by atoms with van der Waals surface area (Å²) in [6.07, 6.45) is 0.725. The minimum absolute atomic E-state index is 0.167. The first-order valence-corrected chi connectivity index (χ1v) is 7.41. The van der Waals surface area contributed by atoms with Crippen LogP contribution in [-0.2, 0) is 0 Å². The standard InChI is InChI=1S/C19H16O6/c1-21-15-9-19-18(24-11-25-19)7-13(15)5-4-12-6-16(22-2)17(23-3)8-14(12)10-20/h6-10H,11H2,1-3H3. The Morgan fingerprint density at radius 2 is 1.44 bits per heavy atom. The van der Waals surface area contributed by atoms with Gasteiger partial charge >= 0.3 is 0 Å². The van der Waals surface area contributed by atoms with Gasteiger partial charge in [0, 0.05) is 29.3 Å². The van der Waals surface area contributed by atoms with Crippen molar-refractivity contribution in [2.24, 2.45) is 0 Å². The van der Waals surface area contributed by atoms with Gasteiger partial charge in [-0.25, -0.2) is 0 Å². The molecule has 0 spiro atoms. The lowest BCUT2D eigenvalue weighted by atomic mass is 10.1. The van der Waals surface area contributed by atoms with Crippen molar-refractivity contribution in [1.82, 2.24) is 0 Å². The van der Waals surface area contributed by atoms with Crippen LogP contribution in [0.3, 0.4) is 0 Å². The maximum absolute atomic E-state index is 11.4. The highest BCUT2D eigenvalue weighted by atomic mass is 16.7. The highest BCUT2D eigenvalue weighted by Crippen LogP contribution is 2.37. The lowest BCUT2D eigenvalue weighted by Gasteiger charge is -2.09. The van der Waals surface area contributed by atoms with Gasteiger partial charge in [0.15, 0.2) is 29.3 Å². The molecule has 2 aromatic rings. The third-order valence-corrected chi connectivity index (χ3v) is 3.71. The highest BCUT2D eigenvalue weighted by molar-refractivity contribution is 5.81. The average molecular weight is 340 g/mol. The molecular weight excluding hydrogens is 324 g/mol. The van der Waals surface area contributed by atoms with Crippen molar-refractivity contribution in [3.05, 3.63) is 41.0 Å². The molecule has 1 heterocycles. The van der Waals surface area contributed by atoms with E-state index in [1.54, 1.807) is 31.4 Å². The molecule has 0 saturated heterocycles. The van der Waals surface area contributed by atoms with E-state index >= 15 is 0 Å². The average Bonchev–Trinajstić information content (AvgIpc) is 3.11. The first-order valence-electron chi connectivity index (χ1n) is 7.41. The van der Waals surface area contributed by atoms with Gasteiger partial charge in [0.05, 0.1) is 26.9 Å². The molecular formula is C19H16O6. The van der Waals surface area contributed by atoms with E-state index in [9.17, 15) is 4.79 Å². The van der Waals surface area contributed by atoms with Crippen molar-refractivity contribution < 1.29 is 28.5 Å². The lowest BCUT2D eigenvalue weighted by molar-refractivity contribution is 0.112. The summed E-state index contributed by atoms with van der Waals surface area (Å²) in [5, 5.41) is 0. The summed E-state index contributed by atoms with van der Waals surface area (Å²) >= 11 is 0. The SMILES string of the molecule is COc1cc2c(cc1C#Cc1cc(OC)c(OC)cc1C=O)OCO2. The number of rotatable bonds is 4. The zero-order chi connectivity index (χ0) is 17.8. The molecule has 0 amide bonds. The first kappa shape index (κ1) is 16.5. The third-order valence-electron chi connectivity index (χ3n) is 3.71. The van der Waals surface area contributed by atoms with E-state index in [1.807, 2.05) is 0 Å². The van der Waals surface area contributed by atoms with Gasteiger partial charge in [0.25, 0.3) is 0 Å². The summed E-state index contributed by atoms with van der Waals surface area (Å²) in [5.41, 5.74) is 1.55. The molecule has 2 aromatic carbocycles. The van der Waals surface area contributed by atoms with Crippen LogP contribution >= 0.6 is 0 Å². The summed E-state index contributed by atoms with van der Waals surface area (Å²) in [5.74, 6) is 8.73. The summed E-state index contributed by atoms with van der Waals surface area (Å²) in [6, 6.07) is 6.72. The van der Waals surface area contributed by atoms with Crippen LogP contribution < -0.4 is 23.7 Å². The molecule has 3 rings (SSSR count). The molecule has 1 aliphatic rings. The molecule has 0 atom stereocenters. The second kappa shape index (κ2) is 7.05. The van der Waals surface area contributed by atoms with Gasteiger partial charge in [-0.1, -0.05) is 11.8 Å². The second-order valence-electron chi connectivity index (χ2n) is 5.07. The molecule has 0 N–H and O–H groups in total. The number of aldehydes is 1. The molecule has 0 bridgehead atoms. The van der Waals surface area contributed by atoms with Gasteiger partial charge in [0.2, 0.25) is 6.79 Å². The quantitative estimate of drug-likeness (QED) is 0.630. The number of carbonyl (C=O) groups excluding carboxylic acids is 1. The van der Waals surface area contributed by atoms with E-state index in [4.69, 9.17) is 23.7 Å². The molecule has 128 valence electrons. The summed E-state index contributed by atoms with van der Waals surface area (Å²) < 4.78 is 26.5. The Kier molecular flexibility index (Phi) is 4.66.